The van der Waals surface area contributed by atoms with Crippen molar-refractivity contribution in [1.29, 1.82) is 0 Å². The number of ketones is 1. The van der Waals surface area contributed by atoms with Gasteiger partial charge in [-0.1, -0.05) is 30.3 Å². The van der Waals surface area contributed by atoms with Gasteiger partial charge in [0.05, 0.1) is 7.11 Å². The van der Waals surface area contributed by atoms with Crippen LogP contribution in [0.5, 0.6) is 5.75 Å². The van der Waals surface area contributed by atoms with E-state index < -0.39 is 0 Å². The fourth-order valence-corrected chi connectivity index (χ4v) is 2.74. The highest BCUT2D eigenvalue weighted by Gasteiger charge is 2.19. The molecule has 2 heteroatoms. The van der Waals surface area contributed by atoms with Crippen LogP contribution in [0, 0.1) is 0 Å². The molecule has 0 saturated carbocycles. The van der Waals surface area contributed by atoms with E-state index in [0.29, 0.717) is 6.42 Å². The van der Waals surface area contributed by atoms with Crippen LogP contribution in [0.1, 0.15) is 28.8 Å². The van der Waals surface area contributed by atoms with Gasteiger partial charge in [0.2, 0.25) is 0 Å². The second-order valence-electron chi connectivity index (χ2n) is 4.84. The molecule has 0 heterocycles. The predicted octanol–water partition coefficient (Wildman–Crippen LogP) is 3.88. The van der Waals surface area contributed by atoms with Crippen molar-refractivity contribution in [2.75, 3.05) is 7.11 Å². The van der Waals surface area contributed by atoms with E-state index >= 15 is 0 Å². The number of benzene rings is 2. The van der Waals surface area contributed by atoms with Crippen molar-refractivity contribution in [3.05, 3.63) is 53.6 Å². The van der Waals surface area contributed by atoms with Crippen LogP contribution in [0.4, 0.5) is 0 Å². The summed E-state index contributed by atoms with van der Waals surface area (Å²) in [5.74, 6) is 1.11. The van der Waals surface area contributed by atoms with Gasteiger partial charge in [0.15, 0.2) is 5.78 Å². The van der Waals surface area contributed by atoms with E-state index in [2.05, 4.69) is 12.1 Å². The molecule has 1 aliphatic rings. The number of hydrogen-bond acceptors (Lipinski definition) is 2. The Bertz CT molecular complexity index is 629. The Hall–Kier alpha value is -2.09. The lowest BCUT2D eigenvalue weighted by Crippen LogP contribution is -2.11. The second-order valence-corrected chi connectivity index (χ2v) is 4.84. The Labute approximate surface area is 113 Å². The third-order valence-corrected chi connectivity index (χ3v) is 3.69. The van der Waals surface area contributed by atoms with Crippen molar-refractivity contribution in [3.8, 4) is 16.9 Å². The summed E-state index contributed by atoms with van der Waals surface area (Å²) in [5.41, 5.74) is 4.36. The molecule has 0 aromatic heterocycles. The number of carbonyl (C=O) groups is 1. The summed E-state index contributed by atoms with van der Waals surface area (Å²) in [7, 11) is 1.67. The maximum Gasteiger partial charge on any atom is 0.163 e. The quantitative estimate of drug-likeness (QED) is 0.810. The summed E-state index contributed by atoms with van der Waals surface area (Å²) in [6.07, 6.45) is 2.61. The standard InChI is InChI=1S/C17H16O2/c1-19-13-6-2-5-12(11-13)14-7-3-9-16-15(14)8-4-10-17(16)18/h2-3,5-7,9,11H,4,8,10H2,1H3. The van der Waals surface area contributed by atoms with Gasteiger partial charge in [-0.05, 0) is 41.7 Å². The van der Waals surface area contributed by atoms with Gasteiger partial charge in [0.25, 0.3) is 0 Å². The molecule has 1 aliphatic carbocycles. The van der Waals surface area contributed by atoms with Gasteiger partial charge >= 0.3 is 0 Å². The van der Waals surface area contributed by atoms with Crippen LogP contribution in [0.25, 0.3) is 11.1 Å². The summed E-state index contributed by atoms with van der Waals surface area (Å²) in [5, 5.41) is 0. The minimum atomic E-state index is 0.269. The van der Waals surface area contributed by atoms with Crippen molar-refractivity contribution in [2.45, 2.75) is 19.3 Å². The van der Waals surface area contributed by atoms with Crippen LogP contribution in [-0.4, -0.2) is 12.9 Å². The first-order valence-corrected chi connectivity index (χ1v) is 6.59. The Balaban J connectivity index is 2.15. The summed E-state index contributed by atoms with van der Waals surface area (Å²) in [6, 6.07) is 14.0. The van der Waals surface area contributed by atoms with E-state index in [9.17, 15) is 4.79 Å². The number of Topliss-reactive ketones (excluding diaryl/α,β-unsaturated/α-hetero) is 1. The fourth-order valence-electron chi connectivity index (χ4n) is 2.74. The van der Waals surface area contributed by atoms with Crippen molar-refractivity contribution in [2.24, 2.45) is 0 Å². The van der Waals surface area contributed by atoms with E-state index in [1.54, 1.807) is 7.11 Å². The topological polar surface area (TPSA) is 26.3 Å². The predicted molar refractivity (Wildman–Crippen MR) is 75.7 cm³/mol. The summed E-state index contributed by atoms with van der Waals surface area (Å²) < 4.78 is 5.27. The molecule has 2 aromatic carbocycles. The van der Waals surface area contributed by atoms with Crippen molar-refractivity contribution < 1.29 is 9.53 Å². The lowest BCUT2D eigenvalue weighted by Gasteiger charge is -2.18. The molecule has 0 amide bonds. The minimum Gasteiger partial charge on any atom is -0.497 e. The molecule has 0 radical (unpaired) electrons. The largest absolute Gasteiger partial charge is 0.497 e. The van der Waals surface area contributed by atoms with Crippen LogP contribution in [0.2, 0.25) is 0 Å². The first-order chi connectivity index (χ1) is 9.29. The molecule has 0 atom stereocenters. The number of fused-ring (bicyclic) bond motifs is 1. The van der Waals surface area contributed by atoms with Crippen LogP contribution >= 0.6 is 0 Å². The van der Waals surface area contributed by atoms with E-state index in [-0.39, 0.29) is 5.78 Å². The molecule has 2 aromatic rings. The first-order valence-electron chi connectivity index (χ1n) is 6.59. The number of carbonyl (C=O) groups excluding carboxylic acids is 1. The highest BCUT2D eigenvalue weighted by molar-refractivity contribution is 6.00. The molecular weight excluding hydrogens is 236 g/mol. The third-order valence-electron chi connectivity index (χ3n) is 3.69. The molecule has 0 fully saturated rings. The molecule has 19 heavy (non-hydrogen) atoms. The van der Waals surface area contributed by atoms with E-state index in [1.165, 1.54) is 5.56 Å². The second kappa shape index (κ2) is 4.88. The Morgan fingerprint density at radius 3 is 2.63 bits per heavy atom. The molecule has 0 N–H and O–H groups in total. The lowest BCUT2D eigenvalue weighted by molar-refractivity contribution is 0.0972. The first kappa shape index (κ1) is 12.0. The van der Waals surface area contributed by atoms with Crippen LogP contribution in [-0.2, 0) is 6.42 Å². The molecule has 0 saturated heterocycles. The Kier molecular flexibility index (Phi) is 3.08. The fraction of sp³-hybridized carbons (Fsp3) is 0.235. The average Bonchev–Trinajstić information content (AvgIpc) is 2.47. The molecule has 0 aliphatic heterocycles. The number of hydrogen-bond donors (Lipinski definition) is 0. The zero-order chi connectivity index (χ0) is 13.2. The van der Waals surface area contributed by atoms with Gasteiger partial charge in [-0.15, -0.1) is 0 Å². The Morgan fingerprint density at radius 1 is 1.00 bits per heavy atom. The third kappa shape index (κ3) is 2.14. The van der Waals surface area contributed by atoms with Crippen LogP contribution in [0.3, 0.4) is 0 Å². The highest BCUT2D eigenvalue weighted by Crippen LogP contribution is 2.32. The van der Waals surface area contributed by atoms with Crippen molar-refractivity contribution in [1.82, 2.24) is 0 Å². The van der Waals surface area contributed by atoms with Crippen LogP contribution in [0.15, 0.2) is 42.5 Å². The smallest absolute Gasteiger partial charge is 0.163 e. The zero-order valence-electron chi connectivity index (χ0n) is 11.0. The lowest BCUT2D eigenvalue weighted by atomic mass is 9.85. The van der Waals surface area contributed by atoms with Gasteiger partial charge in [-0.25, -0.2) is 0 Å². The molecule has 0 bridgehead atoms. The molecule has 3 rings (SSSR count). The molecule has 2 nitrogen and oxygen atoms in total. The van der Waals surface area contributed by atoms with E-state index in [4.69, 9.17) is 4.74 Å². The van der Waals surface area contributed by atoms with E-state index in [0.717, 1.165) is 35.3 Å². The maximum atomic E-state index is 12.0. The highest BCUT2D eigenvalue weighted by atomic mass is 16.5. The number of rotatable bonds is 2. The number of methoxy groups -OCH3 is 1. The van der Waals surface area contributed by atoms with Crippen molar-refractivity contribution in [3.63, 3.8) is 0 Å². The summed E-state index contributed by atoms with van der Waals surface area (Å²) in [6.45, 7) is 0. The SMILES string of the molecule is COc1cccc(-c2cccc3c2CCCC3=O)c1. The maximum absolute atomic E-state index is 12.0. The monoisotopic (exact) mass is 252 g/mol. The molecule has 96 valence electrons. The van der Waals surface area contributed by atoms with E-state index in [1.807, 2.05) is 30.3 Å². The average molecular weight is 252 g/mol. The summed E-state index contributed by atoms with van der Waals surface area (Å²) in [4.78, 5) is 12.0. The Morgan fingerprint density at radius 2 is 1.79 bits per heavy atom. The van der Waals surface area contributed by atoms with Gasteiger partial charge < -0.3 is 4.74 Å². The number of ether oxygens (including phenoxy) is 1. The molecule has 0 spiro atoms. The summed E-state index contributed by atoms with van der Waals surface area (Å²) >= 11 is 0. The van der Waals surface area contributed by atoms with Gasteiger partial charge in [0, 0.05) is 12.0 Å². The molecular formula is C17H16O2. The van der Waals surface area contributed by atoms with Gasteiger partial charge in [-0.3, -0.25) is 4.79 Å². The van der Waals surface area contributed by atoms with Gasteiger partial charge in [0.1, 0.15) is 5.75 Å². The molecule has 0 unspecified atom stereocenters. The normalized spacial score (nSPS) is 14.1. The minimum absolute atomic E-state index is 0.269. The van der Waals surface area contributed by atoms with Crippen LogP contribution < -0.4 is 4.74 Å². The van der Waals surface area contributed by atoms with Gasteiger partial charge in [-0.2, -0.15) is 0 Å². The van der Waals surface area contributed by atoms with Crippen molar-refractivity contribution >= 4 is 5.78 Å². The zero-order valence-corrected chi connectivity index (χ0v) is 11.0.